The van der Waals surface area contributed by atoms with E-state index in [1.165, 1.54) is 24.3 Å². The van der Waals surface area contributed by atoms with Crippen molar-refractivity contribution in [1.29, 1.82) is 5.26 Å². The Kier molecular flexibility index (Phi) is 4.51. The molecule has 1 aliphatic carbocycles. The van der Waals surface area contributed by atoms with Crippen LogP contribution in [0.15, 0.2) is 69.9 Å². The van der Waals surface area contributed by atoms with Crippen LogP contribution in [0.3, 0.4) is 0 Å². The molecule has 4 aromatic rings. The Morgan fingerprint density at radius 2 is 1.74 bits per heavy atom. The molecule has 2 aliphatic rings. The number of hydrogen-bond donors (Lipinski definition) is 0. The SMILES string of the molecule is N#CC1=Cc2c(oc3cc4c(cc3c2=O)OCO4)C(c2cccc(C(F)(F)F)c2)c2ccccc21. The standard InChI is InChI=1S/C27H14F3NO4/c28-27(29,30)16-5-3-4-14(8-16)24-18-7-2-1-6-17(18)15(12-31)9-20-25(32)19-10-22-23(34-13-33-22)11-21(19)35-26(20)24/h1-11,24H,13H2. The lowest BCUT2D eigenvalue weighted by molar-refractivity contribution is -0.137. The van der Waals surface area contributed by atoms with Crippen LogP contribution in [-0.2, 0) is 6.18 Å². The van der Waals surface area contributed by atoms with Crippen molar-refractivity contribution in [2.75, 3.05) is 6.79 Å². The first-order valence-electron chi connectivity index (χ1n) is 10.6. The quantitative estimate of drug-likeness (QED) is 0.334. The zero-order chi connectivity index (χ0) is 24.3. The fourth-order valence-corrected chi connectivity index (χ4v) is 4.64. The van der Waals surface area contributed by atoms with Gasteiger partial charge in [-0.2, -0.15) is 18.4 Å². The zero-order valence-electron chi connectivity index (χ0n) is 17.8. The Morgan fingerprint density at radius 1 is 0.971 bits per heavy atom. The van der Waals surface area contributed by atoms with Gasteiger partial charge in [0.15, 0.2) is 16.9 Å². The molecule has 0 saturated heterocycles. The molecule has 8 heteroatoms. The number of rotatable bonds is 1. The Morgan fingerprint density at radius 3 is 2.51 bits per heavy atom. The van der Waals surface area contributed by atoms with Gasteiger partial charge in [-0.25, -0.2) is 0 Å². The smallest absolute Gasteiger partial charge is 0.416 e. The second kappa shape index (κ2) is 7.50. The lowest BCUT2D eigenvalue weighted by atomic mass is 9.84. The van der Waals surface area contributed by atoms with E-state index in [1.54, 1.807) is 30.3 Å². The summed E-state index contributed by atoms with van der Waals surface area (Å²) in [5.74, 6) is 0.0746. The number of nitrogens with zero attached hydrogens (tertiary/aromatic N) is 1. The minimum absolute atomic E-state index is 0.00171. The van der Waals surface area contributed by atoms with Crippen molar-refractivity contribution < 1.29 is 27.1 Å². The fourth-order valence-electron chi connectivity index (χ4n) is 4.64. The van der Waals surface area contributed by atoms with Gasteiger partial charge in [0.2, 0.25) is 6.79 Å². The number of allylic oxidation sites excluding steroid dienone is 1. The molecule has 1 unspecified atom stereocenters. The molecule has 2 heterocycles. The number of fused-ring (bicyclic) bond motifs is 4. The van der Waals surface area contributed by atoms with Crippen molar-refractivity contribution in [3.63, 3.8) is 0 Å². The normalized spacial score (nSPS) is 16.2. The van der Waals surface area contributed by atoms with Gasteiger partial charge in [-0.05, 0) is 34.9 Å². The molecule has 0 N–H and O–H groups in total. The molecule has 0 fully saturated rings. The number of nitriles is 1. The molecule has 0 spiro atoms. The van der Waals surface area contributed by atoms with Gasteiger partial charge in [-0.15, -0.1) is 0 Å². The van der Waals surface area contributed by atoms with Crippen molar-refractivity contribution in [2.24, 2.45) is 0 Å². The van der Waals surface area contributed by atoms with Gasteiger partial charge < -0.3 is 13.9 Å². The van der Waals surface area contributed by atoms with Gasteiger partial charge in [-0.1, -0.05) is 42.5 Å². The van der Waals surface area contributed by atoms with Crippen molar-refractivity contribution in [2.45, 2.75) is 12.1 Å². The minimum Gasteiger partial charge on any atom is -0.459 e. The van der Waals surface area contributed by atoms with Crippen LogP contribution >= 0.6 is 0 Å². The van der Waals surface area contributed by atoms with Gasteiger partial charge in [0.25, 0.3) is 0 Å². The van der Waals surface area contributed by atoms with E-state index in [1.807, 2.05) is 0 Å². The van der Waals surface area contributed by atoms with Crippen LogP contribution in [-0.4, -0.2) is 6.79 Å². The molecule has 0 saturated carbocycles. The Balaban J connectivity index is 1.71. The molecule has 172 valence electrons. The molecule has 0 amide bonds. The first-order chi connectivity index (χ1) is 16.8. The van der Waals surface area contributed by atoms with Crippen molar-refractivity contribution in [1.82, 2.24) is 0 Å². The third-order valence-electron chi connectivity index (χ3n) is 6.23. The summed E-state index contributed by atoms with van der Waals surface area (Å²) in [5, 5.41) is 10.1. The highest BCUT2D eigenvalue weighted by atomic mass is 19.4. The highest BCUT2D eigenvalue weighted by molar-refractivity contribution is 5.95. The molecular formula is C27H14F3NO4. The topological polar surface area (TPSA) is 72.5 Å². The molecule has 6 rings (SSSR count). The molecule has 1 aliphatic heterocycles. The van der Waals surface area contributed by atoms with E-state index in [-0.39, 0.29) is 40.2 Å². The van der Waals surface area contributed by atoms with Crippen LogP contribution in [0, 0.1) is 11.3 Å². The van der Waals surface area contributed by atoms with Gasteiger partial charge >= 0.3 is 6.18 Å². The van der Waals surface area contributed by atoms with Gasteiger partial charge in [-0.3, -0.25) is 4.79 Å². The molecule has 1 atom stereocenters. The molecule has 5 nitrogen and oxygen atoms in total. The summed E-state index contributed by atoms with van der Waals surface area (Å²) < 4.78 is 57.7. The van der Waals surface area contributed by atoms with Crippen LogP contribution in [0.4, 0.5) is 13.2 Å². The summed E-state index contributed by atoms with van der Waals surface area (Å²) in [7, 11) is 0. The number of alkyl halides is 3. The lowest BCUT2D eigenvalue weighted by Crippen LogP contribution is -2.14. The van der Waals surface area contributed by atoms with E-state index >= 15 is 0 Å². The molecule has 0 radical (unpaired) electrons. The van der Waals surface area contributed by atoms with E-state index < -0.39 is 23.1 Å². The Bertz CT molecular complexity index is 1660. The van der Waals surface area contributed by atoms with E-state index in [9.17, 15) is 23.2 Å². The Hall–Kier alpha value is -4.51. The first-order valence-corrected chi connectivity index (χ1v) is 10.6. The largest absolute Gasteiger partial charge is 0.459 e. The van der Waals surface area contributed by atoms with Crippen molar-refractivity contribution in [3.05, 3.63) is 104 Å². The molecule has 3 aromatic carbocycles. The average Bonchev–Trinajstić information content (AvgIpc) is 3.25. The highest BCUT2D eigenvalue weighted by Gasteiger charge is 2.34. The summed E-state index contributed by atoms with van der Waals surface area (Å²) in [4.78, 5) is 13.7. The van der Waals surface area contributed by atoms with Crippen LogP contribution in [0.2, 0.25) is 0 Å². The van der Waals surface area contributed by atoms with Crippen molar-refractivity contribution in [3.8, 4) is 17.6 Å². The molecule has 1 aromatic heterocycles. The highest BCUT2D eigenvalue weighted by Crippen LogP contribution is 2.44. The summed E-state index contributed by atoms with van der Waals surface area (Å²) in [5.41, 5.74) is 0.638. The van der Waals surface area contributed by atoms with Gasteiger partial charge in [0.1, 0.15) is 11.3 Å². The summed E-state index contributed by atoms with van der Waals surface area (Å²) in [6.45, 7) is -0.00171. The summed E-state index contributed by atoms with van der Waals surface area (Å²) >= 11 is 0. The second-order valence-electron chi connectivity index (χ2n) is 8.22. The minimum atomic E-state index is -4.55. The molecule has 0 bridgehead atoms. The van der Waals surface area contributed by atoms with E-state index in [2.05, 4.69) is 6.07 Å². The van der Waals surface area contributed by atoms with Crippen LogP contribution in [0.25, 0.3) is 22.6 Å². The average molecular weight is 473 g/mol. The third kappa shape index (κ3) is 3.28. The fraction of sp³-hybridized carbons (Fsp3) is 0.111. The van der Waals surface area contributed by atoms with E-state index in [4.69, 9.17) is 13.9 Å². The third-order valence-corrected chi connectivity index (χ3v) is 6.23. The number of ether oxygens (including phenoxy) is 2. The number of halogens is 3. The first kappa shape index (κ1) is 21.1. The monoisotopic (exact) mass is 473 g/mol. The van der Waals surface area contributed by atoms with Crippen LogP contribution < -0.4 is 14.9 Å². The van der Waals surface area contributed by atoms with Crippen LogP contribution in [0.5, 0.6) is 11.5 Å². The van der Waals surface area contributed by atoms with E-state index in [0.29, 0.717) is 22.6 Å². The summed E-state index contributed by atoms with van der Waals surface area (Å²) in [6.07, 6.45) is -3.11. The number of hydrogen-bond acceptors (Lipinski definition) is 5. The summed E-state index contributed by atoms with van der Waals surface area (Å²) in [6, 6.07) is 17.0. The maximum atomic E-state index is 13.7. The van der Waals surface area contributed by atoms with Crippen LogP contribution in [0.1, 0.15) is 39.5 Å². The van der Waals surface area contributed by atoms with Gasteiger partial charge in [0.05, 0.1) is 34.1 Å². The number of benzene rings is 3. The van der Waals surface area contributed by atoms with Crippen molar-refractivity contribution >= 4 is 22.6 Å². The molecular weight excluding hydrogens is 459 g/mol. The zero-order valence-corrected chi connectivity index (χ0v) is 17.8. The maximum absolute atomic E-state index is 13.7. The predicted octanol–water partition coefficient (Wildman–Crippen LogP) is 6.10. The van der Waals surface area contributed by atoms with E-state index in [0.717, 1.165) is 12.1 Å². The second-order valence-corrected chi connectivity index (χ2v) is 8.22. The molecule has 35 heavy (non-hydrogen) atoms. The lowest BCUT2D eigenvalue weighted by Gasteiger charge is -2.21. The van der Waals surface area contributed by atoms with Gasteiger partial charge in [0, 0.05) is 6.07 Å². The predicted molar refractivity (Wildman–Crippen MR) is 121 cm³/mol. The Labute approximate surface area is 196 Å². The maximum Gasteiger partial charge on any atom is 0.416 e.